The van der Waals surface area contributed by atoms with E-state index in [0.29, 0.717) is 6.10 Å². The largest absolute Gasteiger partial charge is 0.414 e. The number of benzene rings is 2. The molecule has 1 saturated carbocycles. The van der Waals surface area contributed by atoms with Gasteiger partial charge in [-0.15, -0.1) is 0 Å². The molecule has 0 heterocycles. The van der Waals surface area contributed by atoms with Crippen molar-refractivity contribution >= 4 is 26.8 Å². The lowest BCUT2D eigenvalue weighted by Gasteiger charge is -2.41. The maximum absolute atomic E-state index is 6.76. The first-order valence-electron chi connectivity index (χ1n) is 11.1. The molecule has 0 aromatic heterocycles. The third-order valence-corrected chi connectivity index (χ3v) is 13.5. The summed E-state index contributed by atoms with van der Waals surface area (Å²) in [4.78, 5) is 0. The third-order valence-electron chi connectivity index (χ3n) is 6.59. The van der Waals surface area contributed by atoms with Crippen LogP contribution in [-0.4, -0.2) is 20.6 Å². The van der Waals surface area contributed by atoms with E-state index in [1.54, 1.807) is 0 Å². The van der Waals surface area contributed by atoms with Crippen molar-refractivity contribution in [2.75, 3.05) is 6.16 Å². The van der Waals surface area contributed by atoms with Gasteiger partial charge in [-0.3, -0.25) is 0 Å². The zero-order chi connectivity index (χ0) is 21.8. The maximum atomic E-state index is 6.76. The normalized spacial score (nSPS) is 19.5. The quantitative estimate of drug-likeness (QED) is 0.344. The average Bonchev–Trinajstić information content (AvgIpc) is 2.71. The third kappa shape index (κ3) is 5.81. The molecule has 30 heavy (non-hydrogen) atoms. The number of hydrogen-bond donors (Lipinski definition) is 0. The molecule has 0 amide bonds. The molecule has 160 valence electrons. The lowest BCUT2D eigenvalue weighted by Crippen LogP contribution is -2.44. The molecule has 0 bridgehead atoms. The van der Waals surface area contributed by atoms with Gasteiger partial charge in [0.05, 0.1) is 0 Å². The van der Waals surface area contributed by atoms with Crippen LogP contribution in [0.5, 0.6) is 0 Å². The molecule has 0 aliphatic heterocycles. The van der Waals surface area contributed by atoms with E-state index in [9.17, 15) is 0 Å². The zero-order valence-corrected chi connectivity index (χ0v) is 21.2. The molecule has 3 rings (SSSR count). The van der Waals surface area contributed by atoms with E-state index in [1.807, 2.05) is 0 Å². The molecule has 1 aliphatic carbocycles. The van der Waals surface area contributed by atoms with Gasteiger partial charge in [0.1, 0.15) is 0 Å². The van der Waals surface area contributed by atoms with Crippen molar-refractivity contribution in [3.05, 3.63) is 84.5 Å². The molecule has 1 aliphatic rings. The van der Waals surface area contributed by atoms with Crippen molar-refractivity contribution in [3.63, 3.8) is 0 Å². The van der Waals surface area contributed by atoms with Crippen molar-refractivity contribution in [1.82, 2.24) is 0 Å². The van der Waals surface area contributed by atoms with Gasteiger partial charge in [-0.05, 0) is 67.7 Å². The van der Waals surface area contributed by atoms with Gasteiger partial charge in [0, 0.05) is 6.10 Å². The van der Waals surface area contributed by atoms with Gasteiger partial charge in [0.25, 0.3) is 0 Å². The molecular weight excluding hydrogens is 399 g/mol. The van der Waals surface area contributed by atoms with Crippen LogP contribution in [0.2, 0.25) is 18.1 Å². The highest BCUT2D eigenvalue weighted by Gasteiger charge is 2.39. The lowest BCUT2D eigenvalue weighted by molar-refractivity contribution is 0.164. The minimum absolute atomic E-state index is 0.250. The van der Waals surface area contributed by atoms with Crippen LogP contribution in [0, 0.1) is 0 Å². The second kappa shape index (κ2) is 9.77. The smallest absolute Gasteiger partial charge is 0.192 e. The lowest BCUT2D eigenvalue weighted by atomic mass is 9.89. The number of allylic oxidation sites excluding steroid dienone is 2. The summed E-state index contributed by atoms with van der Waals surface area (Å²) in [7, 11) is -2.15. The van der Waals surface area contributed by atoms with Crippen molar-refractivity contribution < 1.29 is 4.43 Å². The highest BCUT2D eigenvalue weighted by molar-refractivity contribution is 7.73. The predicted molar refractivity (Wildman–Crippen MR) is 137 cm³/mol. The van der Waals surface area contributed by atoms with Crippen LogP contribution >= 0.6 is 7.92 Å². The van der Waals surface area contributed by atoms with E-state index in [1.165, 1.54) is 21.8 Å². The van der Waals surface area contributed by atoms with E-state index in [2.05, 4.69) is 107 Å². The Labute approximate surface area is 186 Å². The zero-order valence-electron chi connectivity index (χ0n) is 19.3. The van der Waals surface area contributed by atoms with Crippen molar-refractivity contribution in [2.45, 2.75) is 64.3 Å². The Morgan fingerprint density at radius 3 is 2.03 bits per heavy atom. The average molecular weight is 437 g/mol. The highest BCUT2D eigenvalue weighted by atomic mass is 31.1. The van der Waals surface area contributed by atoms with E-state index in [-0.39, 0.29) is 5.04 Å². The first-order valence-corrected chi connectivity index (χ1v) is 15.5. The molecule has 2 aromatic carbocycles. The highest BCUT2D eigenvalue weighted by Crippen LogP contribution is 2.41. The fourth-order valence-electron chi connectivity index (χ4n) is 3.69. The summed E-state index contributed by atoms with van der Waals surface area (Å²) in [5, 5.41) is 3.12. The molecule has 1 nitrogen and oxygen atoms in total. The van der Waals surface area contributed by atoms with Crippen molar-refractivity contribution in [2.24, 2.45) is 0 Å². The van der Waals surface area contributed by atoms with Gasteiger partial charge in [-0.2, -0.15) is 0 Å². The van der Waals surface area contributed by atoms with Crippen LogP contribution in [0.25, 0.3) is 0 Å². The van der Waals surface area contributed by atoms with Crippen molar-refractivity contribution in [1.29, 1.82) is 0 Å². The van der Waals surface area contributed by atoms with E-state index >= 15 is 0 Å². The number of hydrogen-bond acceptors (Lipinski definition) is 1. The van der Waals surface area contributed by atoms with E-state index in [0.717, 1.165) is 25.4 Å². The van der Waals surface area contributed by atoms with Gasteiger partial charge in [-0.25, -0.2) is 0 Å². The van der Waals surface area contributed by atoms with Crippen LogP contribution in [0.3, 0.4) is 0 Å². The first kappa shape index (κ1) is 23.2. The summed E-state index contributed by atoms with van der Waals surface area (Å²) < 4.78 is 6.76. The van der Waals surface area contributed by atoms with Crippen LogP contribution < -0.4 is 10.6 Å². The Kier molecular flexibility index (Phi) is 7.55. The summed E-state index contributed by atoms with van der Waals surface area (Å²) in [5.41, 5.74) is 2.73. The Hall–Kier alpha value is -1.47. The topological polar surface area (TPSA) is 9.23 Å². The fraction of sp³-hybridized carbons (Fsp3) is 0.407. The van der Waals surface area contributed by atoms with Gasteiger partial charge >= 0.3 is 0 Å². The minimum atomic E-state index is -1.75. The van der Waals surface area contributed by atoms with Gasteiger partial charge in [-0.1, -0.05) is 99.7 Å². The molecule has 0 N–H and O–H groups in total. The van der Waals surface area contributed by atoms with Crippen LogP contribution in [0.15, 0.2) is 84.5 Å². The van der Waals surface area contributed by atoms with Crippen LogP contribution in [0.1, 0.15) is 40.0 Å². The van der Waals surface area contributed by atoms with E-state index < -0.39 is 16.2 Å². The molecule has 1 atom stereocenters. The fourth-order valence-corrected chi connectivity index (χ4v) is 7.26. The molecular formula is C27H37OPSi. The van der Waals surface area contributed by atoms with Crippen LogP contribution in [-0.2, 0) is 4.43 Å². The monoisotopic (exact) mass is 436 g/mol. The van der Waals surface area contributed by atoms with Crippen molar-refractivity contribution in [3.8, 4) is 0 Å². The molecule has 0 spiro atoms. The molecule has 0 saturated heterocycles. The van der Waals surface area contributed by atoms with Gasteiger partial charge < -0.3 is 4.43 Å². The SMILES string of the molecule is C=C1CCC(O[Si](C)(C)C(C)(C)C)CC1=CCP(c1ccccc1)c1ccccc1. The van der Waals surface area contributed by atoms with E-state index in [4.69, 9.17) is 4.43 Å². The Bertz CT molecular complexity index is 825. The minimum Gasteiger partial charge on any atom is -0.414 e. The molecule has 3 heteroatoms. The Balaban J connectivity index is 1.78. The predicted octanol–water partition coefficient (Wildman–Crippen LogP) is 7.18. The Morgan fingerprint density at radius 1 is 1.00 bits per heavy atom. The molecule has 0 radical (unpaired) electrons. The van der Waals surface area contributed by atoms with Crippen LogP contribution in [0.4, 0.5) is 0 Å². The maximum Gasteiger partial charge on any atom is 0.192 e. The summed E-state index contributed by atoms with van der Waals surface area (Å²) in [5.74, 6) is 0. The molecule has 1 unspecified atom stereocenters. The second-order valence-electron chi connectivity index (χ2n) is 9.86. The summed E-state index contributed by atoms with van der Waals surface area (Å²) >= 11 is 0. The first-order chi connectivity index (χ1) is 14.2. The number of rotatable bonds is 6. The summed E-state index contributed by atoms with van der Waals surface area (Å²) in [6, 6.07) is 21.9. The summed E-state index contributed by atoms with van der Waals surface area (Å²) in [6.07, 6.45) is 7.04. The standard InChI is InChI=1S/C27H37OPSi/c1-22-17-18-24(28-30(5,6)27(2,3)4)21-23(22)19-20-29(25-13-9-7-10-14-25)26-15-11-8-12-16-26/h7-16,19,24H,1,17-18,20-21H2,2-6H3. The Morgan fingerprint density at radius 2 is 1.53 bits per heavy atom. The molecule has 2 aromatic rings. The molecule has 1 fully saturated rings. The summed E-state index contributed by atoms with van der Waals surface area (Å²) in [6.45, 7) is 16.1. The van der Waals surface area contributed by atoms with Gasteiger partial charge in [0.2, 0.25) is 0 Å². The van der Waals surface area contributed by atoms with Gasteiger partial charge in [0.15, 0.2) is 8.32 Å². The second-order valence-corrected chi connectivity index (χ2v) is 16.9.